The van der Waals surface area contributed by atoms with Crippen molar-refractivity contribution in [3.05, 3.63) is 34.1 Å². The molecule has 0 aromatic carbocycles. The quantitative estimate of drug-likeness (QED) is 0.159. The lowest BCUT2D eigenvalue weighted by atomic mass is 10.1. The zero-order chi connectivity index (χ0) is 20.4. The van der Waals surface area contributed by atoms with Gasteiger partial charge in [-0.15, -0.1) is 0 Å². The molecule has 2 aliphatic heterocycles. The van der Waals surface area contributed by atoms with E-state index in [1.54, 1.807) is 0 Å². The molecule has 0 bridgehead atoms. The largest absolute Gasteiger partial charge is 1.00 e. The number of aromatic nitrogens is 1. The predicted octanol–water partition coefficient (Wildman–Crippen LogP) is -5.16. The molecule has 2 unspecified atom stereocenters. The number of nitrogens with zero attached hydrogens (tertiary/aromatic N) is 2. The van der Waals surface area contributed by atoms with Gasteiger partial charge in [0.2, 0.25) is 0 Å². The highest BCUT2D eigenvalue weighted by Gasteiger charge is 2.51. The van der Waals surface area contributed by atoms with Crippen molar-refractivity contribution in [2.45, 2.75) is 42.1 Å². The van der Waals surface area contributed by atoms with E-state index in [-0.39, 0.29) is 48.4 Å². The maximum Gasteiger partial charge on any atom is 0.295 e. The Morgan fingerprint density at radius 3 is 2.72 bits per heavy atom. The second kappa shape index (κ2) is 10.3. The van der Waals surface area contributed by atoms with Crippen molar-refractivity contribution in [1.29, 1.82) is 0 Å². The summed E-state index contributed by atoms with van der Waals surface area (Å²) in [5.74, 6) is 0.314. The van der Waals surface area contributed by atoms with Gasteiger partial charge in [-0.05, 0) is 6.07 Å². The normalized spacial score (nSPS) is 35.7. The van der Waals surface area contributed by atoms with Crippen molar-refractivity contribution < 1.29 is 52.3 Å². The van der Waals surface area contributed by atoms with Gasteiger partial charge in [0.05, 0.1) is 23.7 Å². The number of halogens is 1. The lowest BCUT2D eigenvalue weighted by Gasteiger charge is -2.36. The van der Waals surface area contributed by atoms with E-state index in [1.165, 1.54) is 12.3 Å². The molecule has 29 heavy (non-hydrogen) atoms. The van der Waals surface area contributed by atoms with Crippen LogP contribution in [0.2, 0.25) is 0 Å². The maximum atomic E-state index is 11.2. The van der Waals surface area contributed by atoms with Gasteiger partial charge in [-0.3, -0.25) is 15.1 Å². The Morgan fingerprint density at radius 1 is 1.34 bits per heavy atom. The molecule has 3 heterocycles. The summed E-state index contributed by atoms with van der Waals surface area (Å²) in [5, 5.41) is 60.6. The zero-order valence-electron chi connectivity index (χ0n) is 15.2. The smallest absolute Gasteiger partial charge is 0.295 e. The van der Waals surface area contributed by atoms with Crippen LogP contribution in [0.5, 0.6) is 0 Å². The van der Waals surface area contributed by atoms with Crippen molar-refractivity contribution in [2.75, 3.05) is 24.7 Å². The first-order chi connectivity index (χ1) is 13.3. The van der Waals surface area contributed by atoms with E-state index in [2.05, 4.69) is 4.98 Å². The molecule has 0 spiro atoms. The molecule has 0 saturated carbocycles. The minimum absolute atomic E-state index is 0. The van der Waals surface area contributed by atoms with Gasteiger partial charge < -0.3 is 47.4 Å². The third-order valence-corrected chi connectivity index (χ3v) is 7.72. The van der Waals surface area contributed by atoms with Gasteiger partial charge in [-0.25, -0.2) is 0 Å². The van der Waals surface area contributed by atoms with E-state index in [0.717, 1.165) is 6.20 Å². The number of hydrogen-bond donors (Lipinski definition) is 5. The van der Waals surface area contributed by atoms with Gasteiger partial charge >= 0.3 is 0 Å². The highest BCUT2D eigenvalue weighted by molar-refractivity contribution is 7.97. The minimum atomic E-state index is -1.18. The number of ether oxygens (including phenoxy) is 2. The van der Waals surface area contributed by atoms with Crippen molar-refractivity contribution >= 4 is 16.6 Å². The fourth-order valence-electron chi connectivity index (χ4n) is 3.42. The Morgan fingerprint density at radius 2 is 2.07 bits per heavy atom. The van der Waals surface area contributed by atoms with Gasteiger partial charge in [-0.1, -0.05) is 0 Å². The molecule has 1 aromatic heterocycles. The summed E-state index contributed by atoms with van der Waals surface area (Å²) in [6.07, 6.45) is -4.25. The van der Waals surface area contributed by atoms with Crippen molar-refractivity contribution in [2.24, 2.45) is 0 Å². The maximum absolute atomic E-state index is 11.2. The fraction of sp³-hybridized carbons (Fsp3) is 0.688. The Bertz CT molecular complexity index is 702. The molecule has 11 nitrogen and oxygen atoms in total. The van der Waals surface area contributed by atoms with Crippen molar-refractivity contribution in [3.63, 3.8) is 0 Å². The van der Waals surface area contributed by atoms with Crippen molar-refractivity contribution in [3.8, 4) is 0 Å². The molecule has 0 amide bonds. The SMILES string of the molecule is O=[N+]([O-])c1cnccc1C1OC[C@@H](O)[C@@H]([C@H](O)C[S+]2C[C@@H](O)[C@H](O)[C@H]2CO)O1.[Cl-]. The topological polar surface area (TPSA) is 176 Å². The lowest BCUT2D eigenvalue weighted by molar-refractivity contribution is -0.388. The third-order valence-electron chi connectivity index (χ3n) is 4.89. The van der Waals surface area contributed by atoms with Crippen LogP contribution in [-0.4, -0.2) is 95.9 Å². The van der Waals surface area contributed by atoms with Crippen LogP contribution in [0.25, 0.3) is 0 Å². The van der Waals surface area contributed by atoms with Gasteiger partial charge in [0, 0.05) is 17.1 Å². The minimum Gasteiger partial charge on any atom is -1.00 e. The predicted molar refractivity (Wildman–Crippen MR) is 96.5 cm³/mol. The van der Waals surface area contributed by atoms with E-state index in [9.17, 15) is 35.6 Å². The van der Waals surface area contributed by atoms with Crippen LogP contribution in [-0.2, 0) is 20.4 Å². The van der Waals surface area contributed by atoms with E-state index in [0.29, 0.717) is 0 Å². The molecule has 1 aromatic rings. The van der Waals surface area contributed by atoms with Gasteiger partial charge in [0.1, 0.15) is 48.2 Å². The standard InChI is InChI=1S/C16H23N2O9S.ClH/c19-4-13-14(23)11(21)6-28(13)7-12(22)15-10(20)5-26-16(27-15)8-1-2-17-3-9(8)18(24)25;/h1-3,10-16,19-23H,4-7H2;1H/q+1;/p-1/t10-,11-,12-,13-,14+,15+,16?,28?;/m1./s1. The van der Waals surface area contributed by atoms with Gasteiger partial charge in [0.25, 0.3) is 5.69 Å². The zero-order valence-corrected chi connectivity index (χ0v) is 16.7. The first kappa shape index (κ1) is 24.2. The molecule has 164 valence electrons. The molecule has 0 aliphatic carbocycles. The lowest BCUT2D eigenvalue weighted by Crippen LogP contribution is -3.00. The van der Waals surface area contributed by atoms with E-state index in [4.69, 9.17) is 9.47 Å². The van der Waals surface area contributed by atoms with Gasteiger partial charge in [0.15, 0.2) is 11.5 Å². The molecule has 5 N–H and O–H groups in total. The number of rotatable bonds is 6. The Labute approximate surface area is 175 Å². The van der Waals surface area contributed by atoms with Crippen LogP contribution in [0.1, 0.15) is 11.9 Å². The summed E-state index contributed by atoms with van der Waals surface area (Å²) in [6.45, 7) is -0.536. The molecule has 8 atom stereocenters. The highest BCUT2D eigenvalue weighted by Crippen LogP contribution is 2.34. The highest BCUT2D eigenvalue weighted by atomic mass is 35.5. The summed E-state index contributed by atoms with van der Waals surface area (Å²) in [7, 11) is -0.690. The monoisotopic (exact) mass is 454 g/mol. The molecular formula is C16H23ClN2O9S. The summed E-state index contributed by atoms with van der Waals surface area (Å²) < 4.78 is 11.0. The summed E-state index contributed by atoms with van der Waals surface area (Å²) in [6, 6.07) is 1.37. The Hall–Kier alpha value is -1.09. The first-order valence-corrected chi connectivity index (χ1v) is 10.3. The Balaban J connectivity index is 0.00000300. The molecule has 2 saturated heterocycles. The van der Waals surface area contributed by atoms with Crippen molar-refractivity contribution in [1.82, 2.24) is 4.98 Å². The number of hydrogen-bond acceptors (Lipinski definition) is 10. The van der Waals surface area contributed by atoms with Crippen LogP contribution < -0.4 is 12.4 Å². The number of aliphatic hydroxyl groups is 5. The second-order valence-electron chi connectivity index (χ2n) is 6.74. The number of aliphatic hydroxyl groups excluding tert-OH is 5. The van der Waals surface area contributed by atoms with Crippen LogP contribution in [0.4, 0.5) is 5.69 Å². The number of nitro groups is 1. The van der Waals surface area contributed by atoms with Crippen LogP contribution in [0, 0.1) is 10.1 Å². The molecule has 2 fully saturated rings. The second-order valence-corrected chi connectivity index (χ2v) is 9.09. The summed E-state index contributed by atoms with van der Waals surface area (Å²) >= 11 is 0. The fourth-order valence-corrected chi connectivity index (χ4v) is 6.10. The average Bonchev–Trinajstić information content (AvgIpc) is 2.94. The number of pyridine rings is 1. The summed E-state index contributed by atoms with van der Waals surface area (Å²) in [4.78, 5) is 14.3. The first-order valence-electron chi connectivity index (χ1n) is 8.68. The Kier molecular flexibility index (Phi) is 8.58. The van der Waals surface area contributed by atoms with E-state index in [1.807, 2.05) is 0 Å². The van der Waals surface area contributed by atoms with E-state index >= 15 is 0 Å². The van der Waals surface area contributed by atoms with Crippen LogP contribution in [0.3, 0.4) is 0 Å². The van der Waals surface area contributed by atoms with E-state index < -0.39 is 57.9 Å². The summed E-state index contributed by atoms with van der Waals surface area (Å²) in [5.41, 5.74) is -0.187. The van der Waals surface area contributed by atoms with Crippen LogP contribution >= 0.6 is 0 Å². The third kappa shape index (κ3) is 5.16. The van der Waals surface area contributed by atoms with Crippen LogP contribution in [0.15, 0.2) is 18.5 Å². The molecule has 13 heteroatoms. The molecule has 3 rings (SSSR count). The molecule has 0 radical (unpaired) electrons. The van der Waals surface area contributed by atoms with Gasteiger partial charge in [-0.2, -0.15) is 0 Å². The molecule has 2 aliphatic rings. The molecular weight excluding hydrogens is 432 g/mol. The average molecular weight is 455 g/mol.